The highest BCUT2D eigenvalue weighted by molar-refractivity contribution is 6.19. The van der Waals surface area contributed by atoms with Crippen molar-refractivity contribution in [2.75, 3.05) is 0 Å². The van der Waals surface area contributed by atoms with E-state index in [0.29, 0.717) is 23.5 Å². The van der Waals surface area contributed by atoms with Gasteiger partial charge in [0, 0.05) is 22.1 Å². The number of benzene rings is 6. The van der Waals surface area contributed by atoms with Crippen LogP contribution in [0, 0.1) is 0 Å². The molecule has 0 N–H and O–H groups in total. The fourth-order valence-electron chi connectivity index (χ4n) is 6.11. The number of nitrogens with zero attached hydrogens (tertiary/aromatic N) is 5. The predicted molar refractivity (Wildman–Crippen MR) is 183 cm³/mol. The van der Waals surface area contributed by atoms with Crippen LogP contribution in [0.25, 0.3) is 84.2 Å². The number of oxazole rings is 1. The number of hydrogen-bond donors (Lipinski definition) is 0. The highest BCUT2D eigenvalue weighted by Gasteiger charge is 2.21. The third-order valence-corrected chi connectivity index (χ3v) is 8.32. The van der Waals surface area contributed by atoms with E-state index in [4.69, 9.17) is 24.4 Å². The summed E-state index contributed by atoms with van der Waals surface area (Å²) in [5, 5.41) is 2.01. The minimum atomic E-state index is 0.532. The fraction of sp³-hybridized carbons (Fsp3) is 0. The van der Waals surface area contributed by atoms with Gasteiger partial charge in [0.25, 0.3) is 0 Å². The zero-order valence-corrected chi connectivity index (χ0v) is 24.6. The second kappa shape index (κ2) is 10.6. The molecule has 0 bridgehead atoms. The van der Waals surface area contributed by atoms with Gasteiger partial charge in [0.05, 0.1) is 16.4 Å². The van der Waals surface area contributed by atoms with Gasteiger partial charge in [-0.2, -0.15) is 9.97 Å². The number of para-hydroxylation sites is 1. The number of fused-ring (bicyclic) bond motifs is 5. The van der Waals surface area contributed by atoms with E-state index < -0.39 is 0 Å². The Morgan fingerprint density at radius 3 is 1.65 bits per heavy atom. The summed E-state index contributed by atoms with van der Waals surface area (Å²) in [7, 11) is 0. The monoisotopic (exact) mass is 591 g/mol. The first-order valence-corrected chi connectivity index (χ1v) is 15.2. The Kier molecular flexibility index (Phi) is 6.03. The Morgan fingerprint density at radius 1 is 0.413 bits per heavy atom. The Labute approximate surface area is 264 Å². The lowest BCUT2D eigenvalue weighted by molar-refractivity contribution is 0.623. The van der Waals surface area contributed by atoms with Crippen LogP contribution in [-0.4, -0.2) is 24.5 Å². The van der Waals surface area contributed by atoms with Crippen LogP contribution in [0.4, 0.5) is 0 Å². The van der Waals surface area contributed by atoms with Gasteiger partial charge in [-0.15, -0.1) is 0 Å². The van der Waals surface area contributed by atoms with Gasteiger partial charge in [-0.3, -0.25) is 4.57 Å². The van der Waals surface area contributed by atoms with Gasteiger partial charge in [0.2, 0.25) is 11.8 Å². The highest BCUT2D eigenvalue weighted by atomic mass is 16.3. The molecule has 0 radical (unpaired) electrons. The van der Waals surface area contributed by atoms with E-state index in [1.165, 1.54) is 0 Å². The third-order valence-electron chi connectivity index (χ3n) is 8.32. The Bertz CT molecular complexity index is 2500. The van der Waals surface area contributed by atoms with Gasteiger partial charge in [-0.25, -0.2) is 9.97 Å². The summed E-state index contributed by atoms with van der Waals surface area (Å²) in [6.45, 7) is 0. The smallest absolute Gasteiger partial charge is 0.238 e. The van der Waals surface area contributed by atoms with E-state index >= 15 is 0 Å². The average Bonchev–Trinajstić information content (AvgIpc) is 3.72. The van der Waals surface area contributed by atoms with Gasteiger partial charge < -0.3 is 4.42 Å². The Balaban J connectivity index is 1.27. The number of aromatic nitrogens is 5. The molecule has 0 atom stereocenters. The Morgan fingerprint density at radius 2 is 0.957 bits per heavy atom. The maximum absolute atomic E-state index is 6.48. The molecule has 9 rings (SSSR count). The molecular weight excluding hydrogens is 566 g/mol. The molecule has 0 fully saturated rings. The van der Waals surface area contributed by atoms with E-state index in [1.54, 1.807) is 0 Å². The second-order valence-electron chi connectivity index (χ2n) is 11.1. The van der Waals surface area contributed by atoms with Crippen molar-refractivity contribution in [2.24, 2.45) is 0 Å². The van der Waals surface area contributed by atoms with Gasteiger partial charge in [0.1, 0.15) is 5.52 Å². The van der Waals surface area contributed by atoms with E-state index in [0.717, 1.165) is 60.7 Å². The quantitative estimate of drug-likeness (QED) is 0.199. The van der Waals surface area contributed by atoms with Crippen molar-refractivity contribution in [2.45, 2.75) is 0 Å². The maximum Gasteiger partial charge on any atom is 0.238 e. The summed E-state index contributed by atoms with van der Waals surface area (Å²) in [5.74, 6) is 2.32. The number of hydrogen-bond acceptors (Lipinski definition) is 5. The van der Waals surface area contributed by atoms with Crippen molar-refractivity contribution in [3.05, 3.63) is 152 Å². The van der Waals surface area contributed by atoms with Gasteiger partial charge >= 0.3 is 0 Å². The van der Waals surface area contributed by atoms with E-state index in [2.05, 4.69) is 59.2 Å². The molecule has 6 aromatic carbocycles. The van der Waals surface area contributed by atoms with Gasteiger partial charge in [-0.1, -0.05) is 121 Å². The van der Waals surface area contributed by atoms with Crippen molar-refractivity contribution in [1.29, 1.82) is 0 Å². The maximum atomic E-state index is 6.48. The minimum absolute atomic E-state index is 0.532. The standard InChI is InChI=1S/C40H25N5O/c1-4-12-26(13-5-1)27-20-22-29(23-21-27)38-42-37(28-14-6-2-7-15-28)43-40(44-38)45-33-19-11-10-18-31(33)35-34(45)25-24-32-36(35)46-39(41-32)30-16-8-3-9-17-30/h1-25H. The topological polar surface area (TPSA) is 69.6 Å². The average molecular weight is 592 g/mol. The molecule has 0 amide bonds. The molecule has 0 saturated heterocycles. The minimum Gasteiger partial charge on any atom is -0.435 e. The number of rotatable bonds is 5. The fourth-order valence-corrected chi connectivity index (χ4v) is 6.11. The molecule has 0 saturated carbocycles. The molecule has 3 heterocycles. The third kappa shape index (κ3) is 4.35. The lowest BCUT2D eigenvalue weighted by Gasteiger charge is -2.11. The van der Waals surface area contributed by atoms with E-state index in [9.17, 15) is 0 Å². The molecule has 46 heavy (non-hydrogen) atoms. The largest absolute Gasteiger partial charge is 0.435 e. The summed E-state index contributed by atoms with van der Waals surface area (Å²) in [6.07, 6.45) is 0. The van der Waals surface area contributed by atoms with Crippen LogP contribution in [-0.2, 0) is 0 Å². The van der Waals surface area contributed by atoms with Crippen LogP contribution in [0.1, 0.15) is 0 Å². The molecule has 6 nitrogen and oxygen atoms in total. The van der Waals surface area contributed by atoms with Gasteiger partial charge in [0.15, 0.2) is 17.2 Å². The summed E-state index contributed by atoms with van der Waals surface area (Å²) in [5.41, 5.74) is 8.49. The predicted octanol–water partition coefficient (Wildman–Crippen LogP) is 9.78. The lowest BCUT2D eigenvalue weighted by Crippen LogP contribution is -2.06. The zero-order chi connectivity index (χ0) is 30.5. The van der Waals surface area contributed by atoms with Crippen molar-refractivity contribution in [3.63, 3.8) is 0 Å². The molecule has 0 spiro atoms. The van der Waals surface area contributed by atoms with Crippen LogP contribution in [0.2, 0.25) is 0 Å². The molecule has 0 unspecified atom stereocenters. The first-order chi connectivity index (χ1) is 22.8. The highest BCUT2D eigenvalue weighted by Crippen LogP contribution is 2.38. The van der Waals surface area contributed by atoms with Gasteiger partial charge in [-0.05, 0) is 41.5 Å². The first kappa shape index (κ1) is 26.0. The summed E-state index contributed by atoms with van der Waals surface area (Å²) < 4.78 is 8.58. The molecule has 0 aliphatic carbocycles. The summed E-state index contributed by atoms with van der Waals surface area (Å²) in [6, 6.07) is 51.1. The van der Waals surface area contributed by atoms with Crippen LogP contribution >= 0.6 is 0 Å². The first-order valence-electron chi connectivity index (χ1n) is 15.2. The van der Waals surface area contributed by atoms with E-state index in [1.807, 2.05) is 97.1 Å². The molecule has 6 heteroatoms. The van der Waals surface area contributed by atoms with Crippen LogP contribution in [0.5, 0.6) is 0 Å². The second-order valence-corrected chi connectivity index (χ2v) is 11.1. The summed E-state index contributed by atoms with van der Waals surface area (Å²) in [4.78, 5) is 20.0. The van der Waals surface area contributed by atoms with Crippen LogP contribution < -0.4 is 0 Å². The van der Waals surface area contributed by atoms with Crippen molar-refractivity contribution in [1.82, 2.24) is 24.5 Å². The normalized spacial score (nSPS) is 11.5. The molecule has 0 aliphatic heterocycles. The zero-order valence-electron chi connectivity index (χ0n) is 24.6. The lowest BCUT2D eigenvalue weighted by atomic mass is 10.0. The molecule has 216 valence electrons. The van der Waals surface area contributed by atoms with E-state index in [-0.39, 0.29) is 0 Å². The molecular formula is C40H25N5O. The van der Waals surface area contributed by atoms with Crippen LogP contribution in [0.15, 0.2) is 156 Å². The molecule has 3 aromatic heterocycles. The van der Waals surface area contributed by atoms with Crippen LogP contribution in [0.3, 0.4) is 0 Å². The summed E-state index contributed by atoms with van der Waals surface area (Å²) >= 11 is 0. The van der Waals surface area contributed by atoms with Crippen molar-refractivity contribution < 1.29 is 4.42 Å². The molecule has 9 aromatic rings. The van der Waals surface area contributed by atoms with Crippen molar-refractivity contribution >= 4 is 32.9 Å². The SMILES string of the molecule is c1ccc(-c2ccc(-c3nc(-c4ccccc4)nc(-n4c5ccccc5c5c6oc(-c7ccccc7)nc6ccc54)n3)cc2)cc1. The molecule has 0 aliphatic rings. The van der Waals surface area contributed by atoms with Crippen molar-refractivity contribution in [3.8, 4) is 51.3 Å². The Hall–Kier alpha value is -6.40.